The number of carbonyl (C=O) groups excluding carboxylic acids is 2. The summed E-state index contributed by atoms with van der Waals surface area (Å²) >= 11 is 6.06. The number of methoxy groups -OCH3 is 1. The molecule has 9 nitrogen and oxygen atoms in total. The van der Waals surface area contributed by atoms with Gasteiger partial charge in [-0.2, -0.15) is 0 Å². The van der Waals surface area contributed by atoms with Crippen LogP contribution in [0.3, 0.4) is 0 Å². The van der Waals surface area contributed by atoms with Crippen LogP contribution >= 0.6 is 11.6 Å². The zero-order chi connectivity index (χ0) is 25.1. The zero-order valence-electron chi connectivity index (χ0n) is 19.1. The Hall–Kier alpha value is -4.63. The van der Waals surface area contributed by atoms with Crippen molar-refractivity contribution in [2.75, 3.05) is 17.3 Å². The molecular weight excluding hydrogens is 482 g/mol. The summed E-state index contributed by atoms with van der Waals surface area (Å²) in [5, 5.41) is 3.09. The standard InChI is InChI=1S/C26H20ClN5O4/c1-35-26(34)30-23-10-4-17(13-28-23)22-14-29-24-11-5-18(15-32(22)24)25(33)31(16-21-3-2-12-36-21)20-8-6-19(27)7-9-20/h2-15H,16H2,1H3,(H,28,30,34). The van der Waals surface area contributed by atoms with Crippen molar-refractivity contribution in [3.63, 3.8) is 0 Å². The minimum absolute atomic E-state index is 0.217. The van der Waals surface area contributed by atoms with Gasteiger partial charge in [0.2, 0.25) is 0 Å². The van der Waals surface area contributed by atoms with E-state index < -0.39 is 6.09 Å². The highest BCUT2D eigenvalue weighted by molar-refractivity contribution is 6.30. The molecule has 180 valence electrons. The van der Waals surface area contributed by atoms with Crippen molar-refractivity contribution in [2.45, 2.75) is 6.54 Å². The third kappa shape index (κ3) is 4.77. The summed E-state index contributed by atoms with van der Waals surface area (Å²) in [6.07, 6.45) is 6.02. The van der Waals surface area contributed by atoms with Crippen LogP contribution in [0.25, 0.3) is 16.9 Å². The third-order valence-electron chi connectivity index (χ3n) is 5.50. The number of amides is 2. The molecule has 0 bridgehead atoms. The molecule has 5 aromatic rings. The van der Waals surface area contributed by atoms with Gasteiger partial charge in [0.1, 0.15) is 17.2 Å². The van der Waals surface area contributed by atoms with Gasteiger partial charge >= 0.3 is 6.09 Å². The highest BCUT2D eigenvalue weighted by atomic mass is 35.5. The van der Waals surface area contributed by atoms with Crippen LogP contribution in [-0.4, -0.2) is 33.5 Å². The van der Waals surface area contributed by atoms with Gasteiger partial charge in [0, 0.05) is 28.7 Å². The Morgan fingerprint density at radius 2 is 1.89 bits per heavy atom. The molecule has 0 aliphatic heterocycles. The average molecular weight is 502 g/mol. The maximum atomic E-state index is 13.7. The number of hydrogen-bond donors (Lipinski definition) is 1. The molecular formula is C26H20ClN5O4. The predicted octanol–water partition coefficient (Wildman–Crippen LogP) is 5.67. The van der Waals surface area contributed by atoms with Crippen LogP contribution in [0.1, 0.15) is 16.1 Å². The number of rotatable bonds is 6. The second-order valence-electron chi connectivity index (χ2n) is 7.79. The van der Waals surface area contributed by atoms with Crippen LogP contribution in [0.5, 0.6) is 0 Å². The summed E-state index contributed by atoms with van der Waals surface area (Å²) in [4.78, 5) is 35.4. The number of ether oxygens (including phenoxy) is 1. The third-order valence-corrected chi connectivity index (χ3v) is 5.76. The van der Waals surface area contributed by atoms with E-state index in [1.807, 2.05) is 10.5 Å². The Bertz CT molecular complexity index is 1510. The first-order chi connectivity index (χ1) is 17.5. The van der Waals surface area contributed by atoms with Crippen LogP contribution in [0.4, 0.5) is 16.3 Å². The molecule has 4 heterocycles. The van der Waals surface area contributed by atoms with Gasteiger partial charge in [0.05, 0.1) is 37.4 Å². The average Bonchev–Trinajstić information content (AvgIpc) is 3.57. The lowest BCUT2D eigenvalue weighted by molar-refractivity contribution is 0.0982. The first kappa shape index (κ1) is 23.1. The maximum Gasteiger partial charge on any atom is 0.412 e. The number of aromatic nitrogens is 3. The molecule has 0 unspecified atom stereocenters. The molecule has 4 aromatic heterocycles. The summed E-state index contributed by atoms with van der Waals surface area (Å²) in [5.41, 5.74) is 3.31. The molecule has 5 rings (SSSR count). The number of carbonyl (C=O) groups is 2. The van der Waals surface area contributed by atoms with Crippen molar-refractivity contribution in [2.24, 2.45) is 0 Å². The first-order valence-electron chi connectivity index (χ1n) is 10.9. The second kappa shape index (κ2) is 9.93. The molecule has 0 spiro atoms. The van der Waals surface area contributed by atoms with E-state index in [0.29, 0.717) is 33.5 Å². The molecule has 0 aliphatic rings. The van der Waals surface area contributed by atoms with E-state index in [4.69, 9.17) is 16.0 Å². The number of furan rings is 1. The molecule has 0 saturated heterocycles. The van der Waals surface area contributed by atoms with E-state index in [1.54, 1.807) is 84.4 Å². The van der Waals surface area contributed by atoms with Gasteiger partial charge in [0.15, 0.2) is 0 Å². The normalized spacial score (nSPS) is 10.8. The lowest BCUT2D eigenvalue weighted by Gasteiger charge is -2.22. The van der Waals surface area contributed by atoms with Gasteiger partial charge in [0.25, 0.3) is 5.91 Å². The molecule has 0 radical (unpaired) electrons. The van der Waals surface area contributed by atoms with Crippen molar-refractivity contribution in [1.82, 2.24) is 14.4 Å². The monoisotopic (exact) mass is 501 g/mol. The Kier molecular flexibility index (Phi) is 6.38. The number of hydrogen-bond acceptors (Lipinski definition) is 6. The minimum Gasteiger partial charge on any atom is -0.467 e. The van der Waals surface area contributed by atoms with Gasteiger partial charge in [-0.05, 0) is 60.7 Å². The summed E-state index contributed by atoms with van der Waals surface area (Å²) in [7, 11) is 1.28. The first-order valence-corrected chi connectivity index (χ1v) is 11.3. The van der Waals surface area contributed by atoms with Gasteiger partial charge in [-0.3, -0.25) is 14.5 Å². The topological polar surface area (TPSA) is 102 Å². The van der Waals surface area contributed by atoms with E-state index in [2.05, 4.69) is 20.0 Å². The number of fused-ring (bicyclic) bond motifs is 1. The van der Waals surface area contributed by atoms with Crippen molar-refractivity contribution < 1.29 is 18.7 Å². The van der Waals surface area contributed by atoms with E-state index in [0.717, 1.165) is 11.3 Å². The molecule has 1 aromatic carbocycles. The summed E-state index contributed by atoms with van der Waals surface area (Å²) < 4.78 is 11.9. The molecule has 0 saturated carbocycles. The number of imidazole rings is 1. The van der Waals surface area contributed by atoms with Crippen molar-refractivity contribution in [3.8, 4) is 11.3 Å². The van der Waals surface area contributed by atoms with Crippen molar-refractivity contribution in [1.29, 1.82) is 0 Å². The Morgan fingerprint density at radius 1 is 1.06 bits per heavy atom. The SMILES string of the molecule is COC(=O)Nc1ccc(-c2cnc3ccc(C(=O)N(Cc4ccco4)c4ccc(Cl)cc4)cn23)cn1. The van der Waals surface area contributed by atoms with E-state index in [1.165, 1.54) is 7.11 Å². The van der Waals surface area contributed by atoms with Crippen LogP contribution in [0.15, 0.2) is 89.9 Å². The number of nitrogens with zero attached hydrogens (tertiary/aromatic N) is 4. The molecule has 0 fully saturated rings. The molecule has 2 amide bonds. The van der Waals surface area contributed by atoms with Gasteiger partial charge < -0.3 is 14.1 Å². The summed E-state index contributed by atoms with van der Waals surface area (Å²) in [6, 6.07) is 17.6. The minimum atomic E-state index is -0.604. The lowest BCUT2D eigenvalue weighted by atomic mass is 10.2. The number of anilines is 2. The number of benzene rings is 1. The fraction of sp³-hybridized carbons (Fsp3) is 0.0769. The van der Waals surface area contributed by atoms with Crippen molar-refractivity contribution in [3.05, 3.63) is 102 Å². The fourth-order valence-electron chi connectivity index (χ4n) is 3.71. The van der Waals surface area contributed by atoms with Crippen LogP contribution in [-0.2, 0) is 11.3 Å². The molecule has 36 heavy (non-hydrogen) atoms. The smallest absolute Gasteiger partial charge is 0.412 e. The highest BCUT2D eigenvalue weighted by Crippen LogP contribution is 2.25. The van der Waals surface area contributed by atoms with Crippen molar-refractivity contribution >= 4 is 40.8 Å². The quantitative estimate of drug-likeness (QED) is 0.322. The number of nitrogens with one attached hydrogen (secondary N) is 1. The fourth-order valence-corrected chi connectivity index (χ4v) is 3.84. The predicted molar refractivity (Wildman–Crippen MR) is 135 cm³/mol. The van der Waals surface area contributed by atoms with Gasteiger partial charge in [-0.1, -0.05) is 11.6 Å². The Balaban J connectivity index is 1.48. The van der Waals surface area contributed by atoms with Crippen LogP contribution < -0.4 is 10.2 Å². The molecule has 1 N–H and O–H groups in total. The summed E-state index contributed by atoms with van der Waals surface area (Å²) in [5.74, 6) is 0.785. The van der Waals surface area contributed by atoms with Gasteiger partial charge in [-0.25, -0.2) is 14.8 Å². The molecule has 0 atom stereocenters. The van der Waals surface area contributed by atoms with E-state index in [9.17, 15) is 9.59 Å². The molecule has 10 heteroatoms. The Labute approximate surface area is 210 Å². The highest BCUT2D eigenvalue weighted by Gasteiger charge is 2.21. The Morgan fingerprint density at radius 3 is 2.58 bits per heavy atom. The number of pyridine rings is 2. The van der Waals surface area contributed by atoms with Crippen LogP contribution in [0, 0.1) is 0 Å². The zero-order valence-corrected chi connectivity index (χ0v) is 19.8. The van der Waals surface area contributed by atoms with Crippen LogP contribution in [0.2, 0.25) is 5.02 Å². The molecule has 0 aliphatic carbocycles. The maximum absolute atomic E-state index is 13.7. The van der Waals surface area contributed by atoms with E-state index >= 15 is 0 Å². The lowest BCUT2D eigenvalue weighted by Crippen LogP contribution is -2.30. The van der Waals surface area contributed by atoms with E-state index in [-0.39, 0.29) is 12.5 Å². The largest absolute Gasteiger partial charge is 0.467 e. The summed E-state index contributed by atoms with van der Waals surface area (Å²) in [6.45, 7) is 0.251. The van der Waals surface area contributed by atoms with Gasteiger partial charge in [-0.15, -0.1) is 0 Å². The second-order valence-corrected chi connectivity index (χ2v) is 8.22. The number of halogens is 1.